The molecule has 0 N–H and O–H groups in total. The van der Waals surface area contributed by atoms with Gasteiger partial charge in [-0.05, 0) is 27.7 Å². The van der Waals surface area contributed by atoms with Crippen LogP contribution in [0, 0.1) is 11.3 Å². The van der Waals surface area contributed by atoms with E-state index in [-0.39, 0.29) is 30.5 Å². The lowest BCUT2D eigenvalue weighted by molar-refractivity contribution is -0.149. The molecular weight excluding hydrogens is 194 g/mol. The van der Waals surface area contributed by atoms with Crippen LogP contribution in [0.1, 0.15) is 40.5 Å². The SMILES string of the molecule is CCOC(=O)C[C@@H](CC#N)OC(C)(C)C. The van der Waals surface area contributed by atoms with Crippen molar-refractivity contribution in [1.29, 1.82) is 5.26 Å². The molecule has 0 aliphatic carbocycles. The molecule has 0 saturated carbocycles. The van der Waals surface area contributed by atoms with Crippen LogP contribution in [0.25, 0.3) is 0 Å². The van der Waals surface area contributed by atoms with E-state index in [1.54, 1.807) is 6.92 Å². The summed E-state index contributed by atoms with van der Waals surface area (Å²) in [5.41, 5.74) is -0.353. The number of nitrogens with zero attached hydrogens (tertiary/aromatic N) is 1. The van der Waals surface area contributed by atoms with Crippen LogP contribution in [-0.4, -0.2) is 24.3 Å². The Hall–Kier alpha value is -1.08. The van der Waals surface area contributed by atoms with E-state index in [1.165, 1.54) is 0 Å². The molecule has 0 aromatic rings. The van der Waals surface area contributed by atoms with Crippen LogP contribution in [0.2, 0.25) is 0 Å². The fraction of sp³-hybridized carbons (Fsp3) is 0.818. The van der Waals surface area contributed by atoms with Crippen molar-refractivity contribution in [2.24, 2.45) is 0 Å². The Kier molecular flexibility index (Phi) is 5.95. The van der Waals surface area contributed by atoms with E-state index in [4.69, 9.17) is 14.7 Å². The van der Waals surface area contributed by atoms with Crippen LogP contribution < -0.4 is 0 Å². The van der Waals surface area contributed by atoms with Gasteiger partial charge in [0.2, 0.25) is 0 Å². The summed E-state index contributed by atoms with van der Waals surface area (Å²) in [7, 11) is 0. The lowest BCUT2D eigenvalue weighted by Gasteiger charge is -2.25. The Morgan fingerprint density at radius 2 is 2.07 bits per heavy atom. The van der Waals surface area contributed by atoms with Gasteiger partial charge in [0.25, 0.3) is 0 Å². The van der Waals surface area contributed by atoms with E-state index >= 15 is 0 Å². The van der Waals surface area contributed by atoms with Crippen molar-refractivity contribution in [1.82, 2.24) is 0 Å². The van der Waals surface area contributed by atoms with Gasteiger partial charge in [0.1, 0.15) is 0 Å². The second kappa shape index (κ2) is 6.41. The zero-order valence-electron chi connectivity index (χ0n) is 9.87. The molecule has 0 bridgehead atoms. The number of carbonyl (C=O) groups is 1. The molecule has 0 heterocycles. The molecule has 0 saturated heterocycles. The maximum atomic E-state index is 11.2. The summed E-state index contributed by atoms with van der Waals surface area (Å²) in [6, 6.07) is 2.01. The molecule has 0 aliphatic heterocycles. The average Bonchev–Trinajstić information content (AvgIpc) is 2.01. The first-order valence-corrected chi connectivity index (χ1v) is 5.09. The van der Waals surface area contributed by atoms with Crippen LogP contribution >= 0.6 is 0 Å². The third-order valence-electron chi connectivity index (χ3n) is 1.54. The largest absolute Gasteiger partial charge is 0.466 e. The zero-order valence-corrected chi connectivity index (χ0v) is 9.87. The molecule has 1 atom stereocenters. The van der Waals surface area contributed by atoms with Gasteiger partial charge in [-0.25, -0.2) is 0 Å². The van der Waals surface area contributed by atoms with Crippen LogP contribution in [0.4, 0.5) is 0 Å². The van der Waals surface area contributed by atoms with E-state index in [1.807, 2.05) is 26.8 Å². The lowest BCUT2D eigenvalue weighted by Crippen LogP contribution is -2.29. The monoisotopic (exact) mass is 213 g/mol. The summed E-state index contributed by atoms with van der Waals surface area (Å²) >= 11 is 0. The van der Waals surface area contributed by atoms with Gasteiger partial charge in [0.15, 0.2) is 0 Å². The molecule has 15 heavy (non-hydrogen) atoms. The van der Waals surface area contributed by atoms with Gasteiger partial charge in [0, 0.05) is 0 Å². The fourth-order valence-corrected chi connectivity index (χ4v) is 1.16. The molecule has 4 heteroatoms. The van der Waals surface area contributed by atoms with Crippen molar-refractivity contribution in [3.63, 3.8) is 0 Å². The van der Waals surface area contributed by atoms with Gasteiger partial charge in [-0.15, -0.1) is 0 Å². The topological polar surface area (TPSA) is 59.3 Å². The Labute approximate surface area is 91.2 Å². The van der Waals surface area contributed by atoms with Crippen LogP contribution in [0.3, 0.4) is 0 Å². The molecule has 0 spiro atoms. The standard InChI is InChI=1S/C11H19NO3/c1-5-14-10(13)8-9(6-7-12)15-11(2,3)4/h9H,5-6,8H2,1-4H3/t9-/m1/s1. The number of ether oxygens (including phenoxy) is 2. The smallest absolute Gasteiger partial charge is 0.308 e. The number of nitriles is 1. The normalized spacial score (nSPS) is 13.0. The van der Waals surface area contributed by atoms with Crippen molar-refractivity contribution in [3.8, 4) is 6.07 Å². The number of carbonyl (C=O) groups excluding carboxylic acids is 1. The van der Waals surface area contributed by atoms with Crippen molar-refractivity contribution in [2.75, 3.05) is 6.61 Å². The lowest BCUT2D eigenvalue weighted by atomic mass is 10.1. The second-order valence-corrected chi connectivity index (χ2v) is 4.22. The minimum Gasteiger partial charge on any atom is -0.466 e. The highest BCUT2D eigenvalue weighted by molar-refractivity contribution is 5.69. The Morgan fingerprint density at radius 3 is 2.47 bits per heavy atom. The van der Waals surface area contributed by atoms with Gasteiger partial charge in [-0.2, -0.15) is 5.26 Å². The first-order chi connectivity index (χ1) is 6.89. The molecule has 0 aromatic heterocycles. The Balaban J connectivity index is 4.17. The van der Waals surface area contributed by atoms with Crippen LogP contribution in [0.5, 0.6) is 0 Å². The number of hydrogen-bond donors (Lipinski definition) is 0. The quantitative estimate of drug-likeness (QED) is 0.656. The summed E-state index contributed by atoms with van der Waals surface area (Å²) in [6.45, 7) is 7.78. The fourth-order valence-electron chi connectivity index (χ4n) is 1.16. The summed E-state index contributed by atoms with van der Waals surface area (Å²) < 4.78 is 10.4. The van der Waals surface area contributed by atoms with Crippen molar-refractivity contribution in [2.45, 2.75) is 52.2 Å². The predicted molar refractivity (Wildman–Crippen MR) is 56.1 cm³/mol. The highest BCUT2D eigenvalue weighted by Crippen LogP contribution is 2.15. The molecular formula is C11H19NO3. The molecule has 0 aliphatic rings. The Morgan fingerprint density at radius 1 is 1.47 bits per heavy atom. The zero-order chi connectivity index (χ0) is 11.9. The molecule has 0 amide bonds. The molecule has 0 fully saturated rings. The van der Waals surface area contributed by atoms with Gasteiger partial charge >= 0.3 is 5.97 Å². The summed E-state index contributed by atoms with van der Waals surface area (Å²) in [5, 5.41) is 8.59. The summed E-state index contributed by atoms with van der Waals surface area (Å²) in [4.78, 5) is 11.2. The molecule has 0 aromatic carbocycles. The highest BCUT2D eigenvalue weighted by atomic mass is 16.5. The first kappa shape index (κ1) is 13.9. The molecule has 86 valence electrons. The molecule has 0 unspecified atom stereocenters. The maximum Gasteiger partial charge on any atom is 0.308 e. The van der Waals surface area contributed by atoms with Gasteiger partial charge < -0.3 is 9.47 Å². The number of esters is 1. The number of rotatable bonds is 5. The molecule has 0 radical (unpaired) electrons. The third-order valence-corrected chi connectivity index (χ3v) is 1.54. The van der Waals surface area contributed by atoms with Crippen molar-refractivity contribution >= 4 is 5.97 Å². The number of hydrogen-bond acceptors (Lipinski definition) is 4. The average molecular weight is 213 g/mol. The van der Waals surface area contributed by atoms with E-state index in [0.29, 0.717) is 6.61 Å². The predicted octanol–water partition coefficient (Wildman–Crippen LogP) is 2.04. The minimum atomic E-state index is -0.381. The maximum absolute atomic E-state index is 11.2. The highest BCUT2D eigenvalue weighted by Gasteiger charge is 2.21. The van der Waals surface area contributed by atoms with Crippen molar-refractivity contribution in [3.05, 3.63) is 0 Å². The minimum absolute atomic E-state index is 0.138. The van der Waals surface area contributed by atoms with E-state index < -0.39 is 0 Å². The molecule has 4 nitrogen and oxygen atoms in total. The van der Waals surface area contributed by atoms with E-state index in [9.17, 15) is 4.79 Å². The van der Waals surface area contributed by atoms with Crippen LogP contribution in [-0.2, 0) is 14.3 Å². The van der Waals surface area contributed by atoms with Crippen molar-refractivity contribution < 1.29 is 14.3 Å². The first-order valence-electron chi connectivity index (χ1n) is 5.09. The van der Waals surface area contributed by atoms with Crippen LogP contribution in [0.15, 0.2) is 0 Å². The third kappa shape index (κ3) is 7.95. The Bertz CT molecular complexity index is 237. The summed E-state index contributed by atoms with van der Waals surface area (Å²) in [6.07, 6.45) is -0.0385. The van der Waals surface area contributed by atoms with Gasteiger partial charge in [0.05, 0.1) is 37.2 Å². The van der Waals surface area contributed by atoms with E-state index in [2.05, 4.69) is 0 Å². The second-order valence-electron chi connectivity index (χ2n) is 4.22. The summed E-state index contributed by atoms with van der Waals surface area (Å²) in [5.74, 6) is -0.318. The molecule has 0 rings (SSSR count). The van der Waals surface area contributed by atoms with Gasteiger partial charge in [-0.1, -0.05) is 0 Å². The van der Waals surface area contributed by atoms with E-state index in [0.717, 1.165) is 0 Å². The van der Waals surface area contributed by atoms with Gasteiger partial charge in [-0.3, -0.25) is 4.79 Å².